The van der Waals surface area contributed by atoms with Gasteiger partial charge in [0.05, 0.1) is 13.7 Å². The summed E-state index contributed by atoms with van der Waals surface area (Å²) in [4.78, 5) is 28.4. The molecule has 31 heavy (non-hydrogen) atoms. The second-order valence-electron chi connectivity index (χ2n) is 6.98. The molecule has 0 spiro atoms. The van der Waals surface area contributed by atoms with E-state index in [1.165, 1.54) is 6.08 Å². The average Bonchev–Trinajstić information content (AvgIpc) is 2.82. The lowest BCUT2D eigenvalue weighted by Gasteiger charge is -2.36. The number of anilines is 1. The summed E-state index contributed by atoms with van der Waals surface area (Å²) in [5.74, 6) is 0.761. The summed E-state index contributed by atoms with van der Waals surface area (Å²) >= 11 is 0. The Morgan fingerprint density at radius 1 is 1.00 bits per heavy atom. The van der Waals surface area contributed by atoms with Gasteiger partial charge in [-0.25, -0.2) is 4.79 Å². The minimum absolute atomic E-state index is 0.189. The van der Waals surface area contributed by atoms with E-state index in [1.54, 1.807) is 18.1 Å². The molecule has 7 nitrogen and oxygen atoms in total. The molecule has 1 aliphatic rings. The molecule has 0 unspecified atom stereocenters. The number of hydrogen-bond donors (Lipinski definition) is 0. The molecule has 0 aliphatic carbocycles. The molecule has 164 valence electrons. The van der Waals surface area contributed by atoms with E-state index < -0.39 is 5.97 Å². The molecule has 0 radical (unpaired) electrons. The van der Waals surface area contributed by atoms with Gasteiger partial charge in [-0.15, -0.1) is 0 Å². The Morgan fingerprint density at radius 3 is 2.39 bits per heavy atom. The standard InChI is InChI=1S/C24H28N2O5/c1-3-30-22-7-5-4-6-19(22)8-13-24(28)31-18-23(27)26-16-14-25(15-17-26)20-9-11-21(29-2)12-10-20/h4-13H,3,14-18H2,1-2H3/b13-8+. The highest BCUT2D eigenvalue weighted by Crippen LogP contribution is 2.21. The first kappa shape index (κ1) is 22.2. The van der Waals surface area contributed by atoms with Crippen molar-refractivity contribution in [2.75, 3.05) is 51.4 Å². The molecule has 0 bridgehead atoms. The molecule has 0 aromatic heterocycles. The molecule has 2 aromatic carbocycles. The van der Waals surface area contributed by atoms with Gasteiger partial charge in [0.25, 0.3) is 5.91 Å². The maximum atomic E-state index is 12.4. The van der Waals surface area contributed by atoms with Crippen LogP contribution in [0.15, 0.2) is 54.6 Å². The first-order chi connectivity index (χ1) is 15.1. The fraction of sp³-hybridized carbons (Fsp3) is 0.333. The first-order valence-electron chi connectivity index (χ1n) is 10.3. The van der Waals surface area contributed by atoms with E-state index in [2.05, 4.69) is 4.90 Å². The van der Waals surface area contributed by atoms with Crippen LogP contribution in [-0.4, -0.2) is 63.3 Å². The number of benzene rings is 2. The largest absolute Gasteiger partial charge is 0.497 e. The molecule has 1 aliphatic heterocycles. The Hall–Kier alpha value is -3.48. The normalized spacial score (nSPS) is 13.9. The molecule has 2 aromatic rings. The second kappa shape index (κ2) is 11.1. The number of nitrogens with zero attached hydrogens (tertiary/aromatic N) is 2. The maximum absolute atomic E-state index is 12.4. The highest BCUT2D eigenvalue weighted by atomic mass is 16.5. The van der Waals surface area contributed by atoms with Crippen LogP contribution in [0.25, 0.3) is 6.08 Å². The molecule has 0 saturated carbocycles. The highest BCUT2D eigenvalue weighted by Gasteiger charge is 2.22. The summed E-state index contributed by atoms with van der Waals surface area (Å²) < 4.78 is 15.8. The number of carbonyl (C=O) groups excluding carboxylic acids is 2. The van der Waals surface area contributed by atoms with Gasteiger partial charge in [0, 0.05) is 43.5 Å². The van der Waals surface area contributed by atoms with Crippen molar-refractivity contribution in [2.24, 2.45) is 0 Å². The predicted octanol–water partition coefficient (Wildman–Crippen LogP) is 3.00. The first-order valence-corrected chi connectivity index (χ1v) is 10.3. The molecule has 0 atom stereocenters. The van der Waals surface area contributed by atoms with Crippen molar-refractivity contribution < 1.29 is 23.8 Å². The molecule has 0 N–H and O–H groups in total. The number of esters is 1. The van der Waals surface area contributed by atoms with Crippen LogP contribution >= 0.6 is 0 Å². The number of hydrogen-bond acceptors (Lipinski definition) is 6. The van der Waals surface area contributed by atoms with Gasteiger partial charge in [0.1, 0.15) is 11.5 Å². The van der Waals surface area contributed by atoms with Crippen LogP contribution < -0.4 is 14.4 Å². The SMILES string of the molecule is CCOc1ccccc1/C=C/C(=O)OCC(=O)N1CCN(c2ccc(OC)cc2)CC1. The summed E-state index contributed by atoms with van der Waals surface area (Å²) in [5.41, 5.74) is 1.87. The van der Waals surface area contributed by atoms with Crippen molar-refractivity contribution in [2.45, 2.75) is 6.92 Å². The van der Waals surface area contributed by atoms with Gasteiger partial charge in [-0.3, -0.25) is 4.79 Å². The summed E-state index contributed by atoms with van der Waals surface area (Å²) in [5, 5.41) is 0. The van der Waals surface area contributed by atoms with Crippen molar-refractivity contribution >= 4 is 23.6 Å². The van der Waals surface area contributed by atoms with E-state index in [0.29, 0.717) is 25.4 Å². The van der Waals surface area contributed by atoms with E-state index in [-0.39, 0.29) is 12.5 Å². The van der Waals surface area contributed by atoms with Gasteiger partial charge in [-0.1, -0.05) is 18.2 Å². The lowest BCUT2D eigenvalue weighted by molar-refractivity contribution is -0.148. The van der Waals surface area contributed by atoms with Gasteiger partial charge >= 0.3 is 5.97 Å². The molecule has 1 fully saturated rings. The van der Waals surface area contributed by atoms with Crippen LogP contribution in [0.2, 0.25) is 0 Å². The number of amides is 1. The van der Waals surface area contributed by atoms with Gasteiger partial charge in [0.2, 0.25) is 0 Å². The Kier molecular flexibility index (Phi) is 7.92. The van der Waals surface area contributed by atoms with E-state index in [0.717, 1.165) is 30.1 Å². The zero-order valence-corrected chi connectivity index (χ0v) is 18.0. The van der Waals surface area contributed by atoms with Crippen LogP contribution in [0.4, 0.5) is 5.69 Å². The van der Waals surface area contributed by atoms with Crippen molar-refractivity contribution in [3.05, 3.63) is 60.2 Å². The highest BCUT2D eigenvalue weighted by molar-refractivity contribution is 5.89. The summed E-state index contributed by atoms with van der Waals surface area (Å²) in [6.45, 7) is 4.78. The van der Waals surface area contributed by atoms with Gasteiger partial charge in [0.15, 0.2) is 6.61 Å². The predicted molar refractivity (Wildman–Crippen MR) is 119 cm³/mol. The maximum Gasteiger partial charge on any atom is 0.331 e. The quantitative estimate of drug-likeness (QED) is 0.479. The minimum Gasteiger partial charge on any atom is -0.497 e. The Balaban J connectivity index is 1.44. The number of para-hydroxylation sites is 1. The Labute approximate surface area is 182 Å². The second-order valence-corrected chi connectivity index (χ2v) is 6.98. The minimum atomic E-state index is -0.559. The average molecular weight is 424 g/mol. The molecular formula is C24H28N2O5. The summed E-state index contributed by atoms with van der Waals surface area (Å²) in [6, 6.07) is 15.3. The van der Waals surface area contributed by atoms with Crippen molar-refractivity contribution in [1.29, 1.82) is 0 Å². The van der Waals surface area contributed by atoms with Crippen LogP contribution in [0.1, 0.15) is 12.5 Å². The van der Waals surface area contributed by atoms with Gasteiger partial charge < -0.3 is 24.0 Å². The number of ether oxygens (including phenoxy) is 3. The number of methoxy groups -OCH3 is 1. The van der Waals surface area contributed by atoms with Crippen LogP contribution in [0, 0.1) is 0 Å². The van der Waals surface area contributed by atoms with Crippen molar-refractivity contribution in [1.82, 2.24) is 4.90 Å². The lowest BCUT2D eigenvalue weighted by atomic mass is 10.2. The Bertz CT molecular complexity index is 902. The van der Waals surface area contributed by atoms with Crippen LogP contribution in [0.3, 0.4) is 0 Å². The lowest BCUT2D eigenvalue weighted by Crippen LogP contribution is -2.49. The van der Waals surface area contributed by atoms with E-state index >= 15 is 0 Å². The third kappa shape index (κ3) is 6.25. The van der Waals surface area contributed by atoms with E-state index in [1.807, 2.05) is 55.5 Å². The van der Waals surface area contributed by atoms with Gasteiger partial charge in [-0.2, -0.15) is 0 Å². The Morgan fingerprint density at radius 2 is 1.71 bits per heavy atom. The van der Waals surface area contributed by atoms with Crippen molar-refractivity contribution in [3.8, 4) is 11.5 Å². The smallest absolute Gasteiger partial charge is 0.331 e. The van der Waals surface area contributed by atoms with Gasteiger partial charge in [-0.05, 0) is 43.3 Å². The zero-order chi connectivity index (χ0) is 22.1. The molecule has 7 heteroatoms. The summed E-state index contributed by atoms with van der Waals surface area (Å²) in [6.07, 6.45) is 2.94. The number of rotatable bonds is 8. The zero-order valence-electron chi connectivity index (χ0n) is 18.0. The number of piperazine rings is 1. The number of carbonyl (C=O) groups is 2. The van der Waals surface area contributed by atoms with E-state index in [4.69, 9.17) is 14.2 Å². The van der Waals surface area contributed by atoms with Crippen LogP contribution in [0.5, 0.6) is 11.5 Å². The molecular weight excluding hydrogens is 396 g/mol. The summed E-state index contributed by atoms with van der Waals surface area (Å²) in [7, 11) is 1.64. The molecule has 1 amide bonds. The topological polar surface area (TPSA) is 68.3 Å². The van der Waals surface area contributed by atoms with E-state index in [9.17, 15) is 9.59 Å². The third-order valence-electron chi connectivity index (χ3n) is 5.03. The fourth-order valence-electron chi connectivity index (χ4n) is 3.34. The van der Waals surface area contributed by atoms with Crippen molar-refractivity contribution in [3.63, 3.8) is 0 Å². The molecule has 1 saturated heterocycles. The fourth-order valence-corrected chi connectivity index (χ4v) is 3.34. The monoisotopic (exact) mass is 424 g/mol. The molecule has 3 rings (SSSR count). The molecule has 1 heterocycles. The third-order valence-corrected chi connectivity index (χ3v) is 5.03. The van der Waals surface area contributed by atoms with Crippen LogP contribution in [-0.2, 0) is 14.3 Å².